The second-order valence-corrected chi connectivity index (χ2v) is 6.91. The van der Waals surface area contributed by atoms with Gasteiger partial charge in [-0.25, -0.2) is 14.5 Å². The summed E-state index contributed by atoms with van der Waals surface area (Å²) in [6, 6.07) is 3.34. The molecule has 0 saturated heterocycles. The molecule has 168 valence electrons. The van der Waals surface area contributed by atoms with E-state index in [2.05, 4.69) is 15.1 Å². The first-order chi connectivity index (χ1) is 14.8. The number of hydrogen-bond donors (Lipinski definition) is 2. The Kier molecular flexibility index (Phi) is 8.12. The molecule has 0 aromatic heterocycles. The highest BCUT2D eigenvalue weighted by Crippen LogP contribution is 2.35. The van der Waals surface area contributed by atoms with Crippen molar-refractivity contribution in [1.29, 1.82) is 0 Å². The van der Waals surface area contributed by atoms with Crippen LogP contribution in [-0.2, 0) is 7.05 Å². The van der Waals surface area contributed by atoms with Gasteiger partial charge in [0.15, 0.2) is 23.0 Å². The predicted molar refractivity (Wildman–Crippen MR) is 116 cm³/mol. The Balaban J connectivity index is 0.000000226. The van der Waals surface area contributed by atoms with Crippen LogP contribution in [0.1, 0.15) is 51.1 Å². The van der Waals surface area contributed by atoms with Crippen molar-refractivity contribution in [3.63, 3.8) is 0 Å². The van der Waals surface area contributed by atoms with Crippen molar-refractivity contribution in [2.75, 3.05) is 7.11 Å². The van der Waals surface area contributed by atoms with Crippen LogP contribution >= 0.6 is 0 Å². The van der Waals surface area contributed by atoms with Crippen LogP contribution in [0.15, 0.2) is 28.0 Å². The number of phenols is 2. The molecule has 1 aromatic carbocycles. The number of rotatable bonds is 2. The normalized spacial score (nSPS) is 13.2. The lowest BCUT2D eigenvalue weighted by Crippen LogP contribution is -2.37. The first-order valence-electron chi connectivity index (χ1n) is 10.2. The van der Waals surface area contributed by atoms with E-state index in [1.54, 1.807) is 10.7 Å². The van der Waals surface area contributed by atoms with Crippen LogP contribution in [0.3, 0.4) is 0 Å². The summed E-state index contributed by atoms with van der Waals surface area (Å²) in [6.45, 7) is 5.81. The molecule has 0 spiro atoms. The highest BCUT2D eigenvalue weighted by molar-refractivity contribution is 5.51. The van der Waals surface area contributed by atoms with Gasteiger partial charge in [0.25, 0.3) is 5.56 Å². The first-order valence-corrected chi connectivity index (χ1v) is 10.2. The molecular formula is C21H29N5O5. The van der Waals surface area contributed by atoms with Crippen LogP contribution in [0.2, 0.25) is 0 Å². The van der Waals surface area contributed by atoms with Gasteiger partial charge < -0.3 is 14.9 Å². The van der Waals surface area contributed by atoms with Crippen LogP contribution in [0.5, 0.6) is 17.2 Å². The lowest BCUT2D eigenvalue weighted by atomic mass is 10.2. The zero-order valence-corrected chi connectivity index (χ0v) is 18.5. The van der Waals surface area contributed by atoms with Crippen molar-refractivity contribution in [3.8, 4) is 28.8 Å². The van der Waals surface area contributed by atoms with E-state index in [0.29, 0.717) is 11.6 Å². The molecule has 2 heterocycles. The SMILES string of the molecule is CC.COc1cc(C)cc(O)c1O.Cn1c(=O)nc2n(C3CCCC3)ncnc-2c1=O. The third-order valence-corrected chi connectivity index (χ3v) is 4.88. The maximum Gasteiger partial charge on any atom is 0.352 e. The van der Waals surface area contributed by atoms with Gasteiger partial charge in [0.2, 0.25) is 5.75 Å². The van der Waals surface area contributed by atoms with Crippen LogP contribution in [0.4, 0.5) is 0 Å². The van der Waals surface area contributed by atoms with Crippen molar-refractivity contribution in [2.24, 2.45) is 7.05 Å². The van der Waals surface area contributed by atoms with Crippen LogP contribution in [-0.4, -0.2) is 41.6 Å². The number of aryl methyl sites for hydroxylation is 1. The number of aromatic hydroxyl groups is 2. The van der Waals surface area contributed by atoms with Gasteiger partial charge in [-0.15, -0.1) is 0 Å². The Morgan fingerprint density at radius 3 is 2.39 bits per heavy atom. The zero-order chi connectivity index (χ0) is 23.1. The minimum atomic E-state index is -0.561. The molecule has 4 rings (SSSR count). The number of phenolic OH excluding ortho intramolecular Hbond substituents is 2. The van der Waals surface area contributed by atoms with Crippen molar-refractivity contribution in [1.82, 2.24) is 24.3 Å². The quantitative estimate of drug-likeness (QED) is 0.591. The van der Waals surface area contributed by atoms with Gasteiger partial charge in [0.1, 0.15) is 6.33 Å². The van der Waals surface area contributed by atoms with Gasteiger partial charge in [0.05, 0.1) is 13.2 Å². The van der Waals surface area contributed by atoms with E-state index in [1.165, 1.54) is 26.6 Å². The summed E-state index contributed by atoms with van der Waals surface area (Å²) in [4.78, 5) is 31.4. The van der Waals surface area contributed by atoms with Crippen LogP contribution in [0.25, 0.3) is 11.5 Å². The molecule has 2 aliphatic heterocycles. The Bertz CT molecular complexity index is 1100. The number of aromatic nitrogens is 5. The number of hydrogen-bond acceptors (Lipinski definition) is 8. The van der Waals surface area contributed by atoms with Crippen molar-refractivity contribution < 1.29 is 14.9 Å². The first kappa shape index (κ1) is 23.8. The Labute approximate surface area is 180 Å². The number of methoxy groups -OCH3 is 1. The van der Waals surface area contributed by atoms with E-state index in [0.717, 1.165) is 35.8 Å². The van der Waals surface area contributed by atoms with Gasteiger partial charge in [-0.3, -0.25) is 9.36 Å². The molecule has 10 heteroatoms. The Hall–Kier alpha value is -3.43. The highest BCUT2D eigenvalue weighted by atomic mass is 16.5. The number of nitrogens with zero attached hydrogens (tertiary/aromatic N) is 5. The summed E-state index contributed by atoms with van der Waals surface area (Å²) in [5.41, 5.74) is 0.0735. The molecule has 2 N–H and O–H groups in total. The minimum absolute atomic E-state index is 0.151. The van der Waals surface area contributed by atoms with Gasteiger partial charge in [0, 0.05) is 7.05 Å². The van der Waals surface area contributed by atoms with Crippen molar-refractivity contribution in [2.45, 2.75) is 52.5 Å². The standard InChI is InChI=1S/C11H13N5O2.C8H10O3.C2H6/c1-15-10(17)8-9(14-11(15)18)16(13-6-12-8)7-4-2-3-5-7;1-5-3-6(9)8(10)7(4-5)11-2;1-2/h6-7H,2-5H2,1H3;3-4,9-10H,1-2H3;1-2H3. The molecule has 1 aromatic rings. The van der Waals surface area contributed by atoms with Gasteiger partial charge >= 0.3 is 5.69 Å². The zero-order valence-electron chi connectivity index (χ0n) is 18.5. The van der Waals surface area contributed by atoms with Gasteiger partial charge in [-0.1, -0.05) is 26.7 Å². The molecule has 0 unspecified atom stereocenters. The van der Waals surface area contributed by atoms with E-state index < -0.39 is 11.2 Å². The molecule has 1 fully saturated rings. The maximum atomic E-state index is 11.9. The second-order valence-electron chi connectivity index (χ2n) is 6.91. The number of benzene rings is 1. The van der Waals surface area contributed by atoms with E-state index >= 15 is 0 Å². The smallest absolute Gasteiger partial charge is 0.352 e. The maximum absolute atomic E-state index is 11.9. The third-order valence-electron chi connectivity index (χ3n) is 4.88. The molecule has 0 radical (unpaired) electrons. The van der Waals surface area contributed by atoms with E-state index in [1.807, 2.05) is 20.8 Å². The van der Waals surface area contributed by atoms with Crippen molar-refractivity contribution in [3.05, 3.63) is 44.9 Å². The number of ether oxygens (including phenoxy) is 1. The fraction of sp³-hybridized carbons (Fsp3) is 0.476. The molecular weight excluding hydrogens is 402 g/mol. The summed E-state index contributed by atoms with van der Waals surface area (Å²) >= 11 is 0. The van der Waals surface area contributed by atoms with E-state index in [-0.39, 0.29) is 23.2 Å². The molecule has 0 amide bonds. The molecule has 1 saturated carbocycles. The number of fused-ring (bicyclic) bond motifs is 1. The Morgan fingerprint density at radius 2 is 1.77 bits per heavy atom. The summed E-state index contributed by atoms with van der Waals surface area (Å²) < 4.78 is 7.44. The minimum Gasteiger partial charge on any atom is -0.504 e. The molecule has 3 aliphatic rings. The average molecular weight is 431 g/mol. The molecule has 0 bridgehead atoms. The highest BCUT2D eigenvalue weighted by Gasteiger charge is 2.24. The van der Waals surface area contributed by atoms with Crippen LogP contribution in [0, 0.1) is 6.92 Å². The molecule has 31 heavy (non-hydrogen) atoms. The topological polar surface area (TPSA) is 132 Å². The third kappa shape index (κ3) is 5.19. The summed E-state index contributed by atoms with van der Waals surface area (Å²) in [5.74, 6) is 0.236. The lowest BCUT2D eigenvalue weighted by Gasteiger charge is -2.16. The predicted octanol–water partition coefficient (Wildman–Crippen LogP) is 2.39. The van der Waals surface area contributed by atoms with Crippen molar-refractivity contribution >= 4 is 0 Å². The monoisotopic (exact) mass is 431 g/mol. The second kappa shape index (κ2) is 10.6. The van der Waals surface area contributed by atoms with E-state index in [9.17, 15) is 9.59 Å². The Morgan fingerprint density at radius 1 is 1.13 bits per heavy atom. The molecule has 10 nitrogen and oxygen atoms in total. The van der Waals surface area contributed by atoms with Gasteiger partial charge in [-0.05, 0) is 37.5 Å². The average Bonchev–Trinajstić information content (AvgIpc) is 3.31. The summed E-state index contributed by atoms with van der Waals surface area (Å²) in [5, 5.41) is 22.4. The lowest BCUT2D eigenvalue weighted by molar-refractivity contribution is 0.350. The molecule has 0 atom stereocenters. The fourth-order valence-electron chi connectivity index (χ4n) is 3.33. The van der Waals surface area contributed by atoms with E-state index in [4.69, 9.17) is 14.9 Å². The van der Waals surface area contributed by atoms with Gasteiger partial charge in [-0.2, -0.15) is 10.1 Å². The molecule has 1 aliphatic carbocycles. The summed E-state index contributed by atoms with van der Waals surface area (Å²) in [6.07, 6.45) is 5.63. The summed E-state index contributed by atoms with van der Waals surface area (Å²) in [7, 11) is 2.84. The largest absolute Gasteiger partial charge is 0.504 e. The fourth-order valence-corrected chi connectivity index (χ4v) is 3.33. The van der Waals surface area contributed by atoms with Crippen LogP contribution < -0.4 is 16.0 Å².